The second kappa shape index (κ2) is 5.12. The van der Waals surface area contributed by atoms with Crippen LogP contribution in [0.4, 0.5) is 0 Å². The molecule has 0 spiro atoms. The highest BCUT2D eigenvalue weighted by molar-refractivity contribution is 8.27. The number of esters is 1. The SMILES string of the molecule is CC(C)(C)OC(=O)COc1cccc2c1S(O)(O)C=C2. The molecule has 0 bridgehead atoms. The van der Waals surface area contributed by atoms with Crippen molar-refractivity contribution in [2.75, 3.05) is 6.61 Å². The van der Waals surface area contributed by atoms with E-state index in [2.05, 4.69) is 0 Å². The largest absolute Gasteiger partial charge is 0.480 e. The van der Waals surface area contributed by atoms with Gasteiger partial charge in [-0.25, -0.2) is 4.79 Å². The predicted molar refractivity (Wildman–Crippen MR) is 77.9 cm³/mol. The van der Waals surface area contributed by atoms with Crippen molar-refractivity contribution in [2.45, 2.75) is 31.3 Å². The molecule has 0 fully saturated rings. The van der Waals surface area contributed by atoms with E-state index in [1.165, 1.54) is 5.41 Å². The summed E-state index contributed by atoms with van der Waals surface area (Å²) in [4.78, 5) is 11.9. The maximum atomic E-state index is 11.6. The number of hydrogen-bond acceptors (Lipinski definition) is 5. The molecule has 1 aromatic carbocycles. The van der Waals surface area contributed by atoms with E-state index in [4.69, 9.17) is 9.47 Å². The van der Waals surface area contributed by atoms with Gasteiger partial charge in [0.1, 0.15) is 16.2 Å². The van der Waals surface area contributed by atoms with Crippen molar-refractivity contribution in [1.82, 2.24) is 0 Å². The molecule has 0 unspecified atom stereocenters. The molecule has 0 saturated carbocycles. The fourth-order valence-corrected chi connectivity index (χ4v) is 3.22. The van der Waals surface area contributed by atoms with E-state index < -0.39 is 22.2 Å². The third kappa shape index (κ3) is 3.33. The van der Waals surface area contributed by atoms with Crippen molar-refractivity contribution >= 4 is 22.6 Å². The monoisotopic (exact) mass is 298 g/mol. The number of benzene rings is 1. The van der Waals surface area contributed by atoms with E-state index in [1.54, 1.807) is 45.0 Å². The molecule has 20 heavy (non-hydrogen) atoms. The predicted octanol–water partition coefficient (Wildman–Crippen LogP) is 3.50. The Balaban J connectivity index is 2.10. The van der Waals surface area contributed by atoms with Crippen molar-refractivity contribution in [3.8, 4) is 5.75 Å². The first kappa shape index (κ1) is 14.9. The summed E-state index contributed by atoms with van der Waals surface area (Å²) in [6.45, 7) is 5.03. The first-order chi connectivity index (χ1) is 9.19. The first-order valence-electron chi connectivity index (χ1n) is 6.13. The Morgan fingerprint density at radius 3 is 2.65 bits per heavy atom. The van der Waals surface area contributed by atoms with Crippen molar-refractivity contribution < 1.29 is 23.4 Å². The Bertz CT molecular complexity index is 557. The number of ether oxygens (including phenoxy) is 2. The van der Waals surface area contributed by atoms with Crippen LogP contribution in [-0.2, 0) is 9.53 Å². The minimum atomic E-state index is -2.98. The summed E-state index contributed by atoms with van der Waals surface area (Å²) in [5.41, 5.74) is 0.107. The summed E-state index contributed by atoms with van der Waals surface area (Å²) in [7, 11) is -2.98. The topological polar surface area (TPSA) is 76.0 Å². The normalized spacial score (nSPS) is 17.4. The molecule has 0 saturated heterocycles. The summed E-state index contributed by atoms with van der Waals surface area (Å²) in [6, 6.07) is 5.09. The summed E-state index contributed by atoms with van der Waals surface area (Å²) in [5, 5.41) is 1.35. The molecule has 0 radical (unpaired) electrons. The maximum Gasteiger partial charge on any atom is 0.344 e. The van der Waals surface area contributed by atoms with Crippen molar-refractivity contribution in [3.63, 3.8) is 0 Å². The van der Waals surface area contributed by atoms with Crippen LogP contribution in [0.15, 0.2) is 28.5 Å². The van der Waals surface area contributed by atoms with Gasteiger partial charge in [-0.2, -0.15) is 0 Å². The van der Waals surface area contributed by atoms with Crippen molar-refractivity contribution in [2.24, 2.45) is 0 Å². The van der Waals surface area contributed by atoms with Crippen LogP contribution in [0.2, 0.25) is 0 Å². The zero-order valence-electron chi connectivity index (χ0n) is 11.6. The Labute approximate surface area is 119 Å². The zero-order valence-corrected chi connectivity index (χ0v) is 12.4. The lowest BCUT2D eigenvalue weighted by atomic mass is 10.2. The molecule has 1 aliphatic rings. The lowest BCUT2D eigenvalue weighted by molar-refractivity contribution is -0.157. The van der Waals surface area contributed by atoms with E-state index >= 15 is 0 Å². The smallest absolute Gasteiger partial charge is 0.344 e. The fraction of sp³-hybridized carbons (Fsp3) is 0.357. The van der Waals surface area contributed by atoms with Crippen molar-refractivity contribution in [1.29, 1.82) is 0 Å². The van der Waals surface area contributed by atoms with Gasteiger partial charge in [-0.3, -0.25) is 9.11 Å². The van der Waals surface area contributed by atoms with Gasteiger partial charge in [0.25, 0.3) is 0 Å². The highest BCUT2D eigenvalue weighted by atomic mass is 32.3. The van der Waals surface area contributed by atoms with Crippen LogP contribution in [0.3, 0.4) is 0 Å². The Kier molecular flexibility index (Phi) is 3.82. The van der Waals surface area contributed by atoms with Gasteiger partial charge in [-0.05, 0) is 32.9 Å². The quantitative estimate of drug-likeness (QED) is 0.835. The molecular formula is C14H18O5S. The highest BCUT2D eigenvalue weighted by Gasteiger charge is 2.26. The van der Waals surface area contributed by atoms with Gasteiger partial charge in [-0.1, -0.05) is 12.1 Å². The van der Waals surface area contributed by atoms with Crippen molar-refractivity contribution in [3.05, 3.63) is 29.2 Å². The van der Waals surface area contributed by atoms with E-state index in [0.29, 0.717) is 16.2 Å². The molecule has 1 aliphatic heterocycles. The highest BCUT2D eigenvalue weighted by Crippen LogP contribution is 2.59. The minimum absolute atomic E-state index is 0.275. The number of carbonyl (C=O) groups is 1. The molecule has 0 atom stereocenters. The summed E-state index contributed by atoms with van der Waals surface area (Å²) >= 11 is 0. The summed E-state index contributed by atoms with van der Waals surface area (Å²) < 4.78 is 30.4. The van der Waals surface area contributed by atoms with Gasteiger partial charge in [-0.15, -0.1) is 10.6 Å². The molecule has 1 heterocycles. The van der Waals surface area contributed by atoms with E-state index in [9.17, 15) is 13.9 Å². The molecule has 0 aliphatic carbocycles. The second-order valence-corrected chi connectivity index (χ2v) is 7.31. The standard InChI is InChI=1S/C14H18O5S/c1-14(2,3)19-12(15)9-18-11-6-4-5-10-7-8-20(16,17)13(10)11/h4-8,16-17H,9H2,1-3H3. The average Bonchev–Trinajstić information content (AvgIpc) is 2.61. The average molecular weight is 298 g/mol. The third-order valence-corrected chi connectivity index (χ3v) is 4.07. The molecule has 110 valence electrons. The Hall–Kier alpha value is -1.50. The number of fused-ring (bicyclic) bond motifs is 1. The number of rotatable bonds is 3. The molecule has 5 nitrogen and oxygen atoms in total. The van der Waals surface area contributed by atoms with Gasteiger partial charge in [0, 0.05) is 11.0 Å². The van der Waals surface area contributed by atoms with Gasteiger partial charge >= 0.3 is 5.97 Å². The second-order valence-electron chi connectivity index (χ2n) is 5.45. The summed E-state index contributed by atoms with van der Waals surface area (Å²) in [6.07, 6.45) is 1.63. The lowest BCUT2D eigenvalue weighted by Gasteiger charge is -2.27. The number of hydrogen-bond donors (Lipinski definition) is 2. The van der Waals surface area contributed by atoms with Crippen LogP contribution >= 0.6 is 10.6 Å². The fourth-order valence-electron chi connectivity index (χ4n) is 1.84. The van der Waals surface area contributed by atoms with Crippen LogP contribution in [0, 0.1) is 0 Å². The first-order valence-corrected chi connectivity index (χ1v) is 7.74. The van der Waals surface area contributed by atoms with Crippen LogP contribution in [-0.4, -0.2) is 27.3 Å². The van der Waals surface area contributed by atoms with E-state index in [1.807, 2.05) is 0 Å². The van der Waals surface area contributed by atoms with Crippen LogP contribution in [0.25, 0.3) is 6.08 Å². The molecule has 0 aromatic heterocycles. The molecular weight excluding hydrogens is 280 g/mol. The third-order valence-electron chi connectivity index (χ3n) is 2.51. The van der Waals surface area contributed by atoms with Crippen LogP contribution in [0.1, 0.15) is 26.3 Å². The Morgan fingerprint density at radius 1 is 1.30 bits per heavy atom. The molecule has 2 N–H and O–H groups in total. The van der Waals surface area contributed by atoms with Gasteiger partial charge in [0.15, 0.2) is 6.61 Å². The molecule has 6 heteroatoms. The van der Waals surface area contributed by atoms with Crippen LogP contribution in [0.5, 0.6) is 5.75 Å². The van der Waals surface area contributed by atoms with E-state index in [-0.39, 0.29) is 6.61 Å². The molecule has 2 rings (SSSR count). The minimum Gasteiger partial charge on any atom is -0.480 e. The zero-order chi connectivity index (χ0) is 15.0. The number of carbonyl (C=O) groups excluding carboxylic acids is 1. The lowest BCUT2D eigenvalue weighted by Crippen LogP contribution is -2.27. The van der Waals surface area contributed by atoms with Gasteiger partial charge < -0.3 is 9.47 Å². The van der Waals surface area contributed by atoms with Gasteiger partial charge in [0.2, 0.25) is 0 Å². The molecule has 0 amide bonds. The summed E-state index contributed by atoms with van der Waals surface area (Å²) in [5.74, 6) is -0.212. The van der Waals surface area contributed by atoms with Gasteiger partial charge in [0.05, 0.1) is 0 Å². The van der Waals surface area contributed by atoms with E-state index in [0.717, 1.165) is 0 Å². The van der Waals surface area contributed by atoms with Crippen LogP contribution < -0.4 is 4.74 Å². The molecule has 1 aromatic rings. The Morgan fingerprint density at radius 2 is 2.00 bits per heavy atom. The maximum absolute atomic E-state index is 11.6.